The Bertz CT molecular complexity index is 167. The molecule has 2 atom stereocenters. The summed E-state index contributed by atoms with van der Waals surface area (Å²) < 4.78 is 9.82. The van der Waals surface area contributed by atoms with E-state index in [0.717, 1.165) is 19.3 Å². The van der Waals surface area contributed by atoms with Gasteiger partial charge in [-0.15, -0.1) is 0 Å². The van der Waals surface area contributed by atoms with Gasteiger partial charge in [0.2, 0.25) is 0 Å². The van der Waals surface area contributed by atoms with Crippen molar-refractivity contribution in [1.29, 1.82) is 0 Å². The second kappa shape index (κ2) is 8.68. The number of ether oxygens (including phenoxy) is 2. The minimum Gasteiger partial charge on any atom is -0.468 e. The van der Waals surface area contributed by atoms with Crippen LogP contribution in [0.15, 0.2) is 0 Å². The average Bonchev–Trinajstić information content (AvgIpc) is 2.25. The predicted molar refractivity (Wildman–Crippen MR) is 59.8 cm³/mol. The maximum Gasteiger partial charge on any atom is 0.322 e. The summed E-state index contributed by atoms with van der Waals surface area (Å²) in [6.45, 7) is 4.70. The standard InChI is InChI=1S/C11H23NO3/c1-5-7-9(8-14-3)12-10(6-2)11(13)15-4/h9-10,12H,5-8H2,1-4H3. The summed E-state index contributed by atoms with van der Waals surface area (Å²) >= 11 is 0. The van der Waals surface area contributed by atoms with Gasteiger partial charge in [-0.2, -0.15) is 0 Å². The average molecular weight is 217 g/mol. The van der Waals surface area contributed by atoms with E-state index in [-0.39, 0.29) is 18.1 Å². The number of hydrogen-bond donors (Lipinski definition) is 1. The number of methoxy groups -OCH3 is 2. The summed E-state index contributed by atoms with van der Waals surface area (Å²) in [4.78, 5) is 11.4. The maximum absolute atomic E-state index is 11.4. The summed E-state index contributed by atoms with van der Waals surface area (Å²) in [5, 5.41) is 3.26. The summed E-state index contributed by atoms with van der Waals surface area (Å²) in [7, 11) is 3.08. The first-order valence-electron chi connectivity index (χ1n) is 5.52. The van der Waals surface area contributed by atoms with Crippen LogP contribution in [0, 0.1) is 0 Å². The molecule has 0 bridgehead atoms. The van der Waals surface area contributed by atoms with E-state index in [0.29, 0.717) is 6.61 Å². The monoisotopic (exact) mass is 217 g/mol. The molecule has 4 heteroatoms. The fraction of sp³-hybridized carbons (Fsp3) is 0.909. The van der Waals surface area contributed by atoms with Gasteiger partial charge in [-0.3, -0.25) is 10.1 Å². The van der Waals surface area contributed by atoms with E-state index in [1.165, 1.54) is 7.11 Å². The van der Waals surface area contributed by atoms with Crippen LogP contribution in [-0.4, -0.2) is 38.9 Å². The van der Waals surface area contributed by atoms with Gasteiger partial charge in [0, 0.05) is 13.2 Å². The minimum absolute atomic E-state index is 0.199. The summed E-state index contributed by atoms with van der Waals surface area (Å²) in [5.41, 5.74) is 0. The highest BCUT2D eigenvalue weighted by molar-refractivity contribution is 5.75. The molecule has 15 heavy (non-hydrogen) atoms. The minimum atomic E-state index is -0.221. The van der Waals surface area contributed by atoms with Gasteiger partial charge in [0.05, 0.1) is 13.7 Å². The van der Waals surface area contributed by atoms with Gasteiger partial charge in [-0.05, 0) is 12.8 Å². The molecule has 0 radical (unpaired) electrons. The number of carbonyl (C=O) groups is 1. The second-order valence-electron chi connectivity index (χ2n) is 3.59. The van der Waals surface area contributed by atoms with Crippen LogP contribution in [0.25, 0.3) is 0 Å². The Hall–Kier alpha value is -0.610. The molecule has 0 aliphatic rings. The van der Waals surface area contributed by atoms with Crippen LogP contribution in [-0.2, 0) is 14.3 Å². The highest BCUT2D eigenvalue weighted by Crippen LogP contribution is 2.02. The first-order valence-corrected chi connectivity index (χ1v) is 5.52. The first kappa shape index (κ1) is 14.4. The largest absolute Gasteiger partial charge is 0.468 e. The Morgan fingerprint density at radius 1 is 1.33 bits per heavy atom. The van der Waals surface area contributed by atoms with Crippen LogP contribution in [0.1, 0.15) is 33.1 Å². The number of esters is 1. The zero-order chi connectivity index (χ0) is 11.7. The molecule has 0 aromatic heterocycles. The first-order chi connectivity index (χ1) is 7.19. The molecule has 0 saturated carbocycles. The molecule has 2 unspecified atom stereocenters. The van der Waals surface area contributed by atoms with E-state index in [2.05, 4.69) is 12.2 Å². The Morgan fingerprint density at radius 3 is 2.40 bits per heavy atom. The smallest absolute Gasteiger partial charge is 0.322 e. The Labute approximate surface area is 92.3 Å². The van der Waals surface area contributed by atoms with E-state index in [1.54, 1.807) is 7.11 Å². The number of carbonyl (C=O) groups excluding carboxylic acids is 1. The molecule has 0 spiro atoms. The van der Waals surface area contributed by atoms with Crippen molar-refractivity contribution in [3.05, 3.63) is 0 Å². The molecule has 0 amide bonds. The van der Waals surface area contributed by atoms with Crippen LogP contribution in [0.3, 0.4) is 0 Å². The van der Waals surface area contributed by atoms with Crippen molar-refractivity contribution in [3.63, 3.8) is 0 Å². The Morgan fingerprint density at radius 2 is 2.00 bits per heavy atom. The van der Waals surface area contributed by atoms with Crippen molar-refractivity contribution >= 4 is 5.97 Å². The summed E-state index contributed by atoms with van der Waals surface area (Å²) in [6, 6.07) is 0.00532. The van der Waals surface area contributed by atoms with Crippen molar-refractivity contribution in [2.45, 2.75) is 45.2 Å². The van der Waals surface area contributed by atoms with E-state index >= 15 is 0 Å². The van der Waals surface area contributed by atoms with Crippen LogP contribution in [0.4, 0.5) is 0 Å². The third-order valence-corrected chi connectivity index (χ3v) is 2.34. The van der Waals surface area contributed by atoms with Gasteiger partial charge in [-0.1, -0.05) is 20.3 Å². The molecule has 4 nitrogen and oxygen atoms in total. The van der Waals surface area contributed by atoms with Gasteiger partial charge in [0.1, 0.15) is 6.04 Å². The topological polar surface area (TPSA) is 47.6 Å². The lowest BCUT2D eigenvalue weighted by atomic mass is 10.1. The fourth-order valence-corrected chi connectivity index (χ4v) is 1.54. The fourth-order valence-electron chi connectivity index (χ4n) is 1.54. The van der Waals surface area contributed by atoms with Gasteiger partial charge in [0.15, 0.2) is 0 Å². The third kappa shape index (κ3) is 5.74. The molecule has 0 aliphatic heterocycles. The van der Waals surface area contributed by atoms with Crippen molar-refractivity contribution in [1.82, 2.24) is 5.32 Å². The molecule has 0 heterocycles. The zero-order valence-corrected chi connectivity index (χ0v) is 10.2. The predicted octanol–water partition coefficient (Wildman–Crippen LogP) is 1.34. The van der Waals surface area contributed by atoms with Gasteiger partial charge in [-0.25, -0.2) is 0 Å². The molecule has 0 saturated heterocycles. The number of nitrogens with one attached hydrogen (secondary N) is 1. The summed E-state index contributed by atoms with van der Waals surface area (Å²) in [6.07, 6.45) is 2.80. The van der Waals surface area contributed by atoms with Gasteiger partial charge >= 0.3 is 5.97 Å². The maximum atomic E-state index is 11.4. The molecule has 1 N–H and O–H groups in total. The molecule has 0 aromatic rings. The van der Waals surface area contributed by atoms with Crippen LogP contribution < -0.4 is 5.32 Å². The van der Waals surface area contributed by atoms with Gasteiger partial charge < -0.3 is 9.47 Å². The van der Waals surface area contributed by atoms with Crippen molar-refractivity contribution in [3.8, 4) is 0 Å². The highest BCUT2D eigenvalue weighted by Gasteiger charge is 2.20. The lowest BCUT2D eigenvalue weighted by molar-refractivity contribution is -0.143. The Kier molecular flexibility index (Phi) is 8.33. The zero-order valence-electron chi connectivity index (χ0n) is 10.2. The van der Waals surface area contributed by atoms with Crippen molar-refractivity contribution < 1.29 is 14.3 Å². The quantitative estimate of drug-likeness (QED) is 0.623. The highest BCUT2D eigenvalue weighted by atomic mass is 16.5. The van der Waals surface area contributed by atoms with Gasteiger partial charge in [0.25, 0.3) is 0 Å². The molecule has 0 rings (SSSR count). The summed E-state index contributed by atoms with van der Waals surface area (Å²) in [5.74, 6) is -0.199. The van der Waals surface area contributed by atoms with Crippen LogP contribution in [0.5, 0.6) is 0 Å². The van der Waals surface area contributed by atoms with E-state index in [4.69, 9.17) is 9.47 Å². The van der Waals surface area contributed by atoms with E-state index in [1.807, 2.05) is 6.92 Å². The second-order valence-corrected chi connectivity index (χ2v) is 3.59. The van der Waals surface area contributed by atoms with Crippen LogP contribution in [0.2, 0.25) is 0 Å². The molecular formula is C11H23NO3. The van der Waals surface area contributed by atoms with Crippen molar-refractivity contribution in [2.75, 3.05) is 20.8 Å². The normalized spacial score (nSPS) is 14.7. The van der Waals surface area contributed by atoms with Crippen LogP contribution >= 0.6 is 0 Å². The van der Waals surface area contributed by atoms with E-state index in [9.17, 15) is 4.79 Å². The lowest BCUT2D eigenvalue weighted by Crippen LogP contribution is -2.45. The molecule has 0 fully saturated rings. The SMILES string of the molecule is CCCC(COC)NC(CC)C(=O)OC. The molecule has 90 valence electrons. The lowest BCUT2D eigenvalue weighted by Gasteiger charge is -2.22. The molecule has 0 aromatic carbocycles. The van der Waals surface area contributed by atoms with Crippen molar-refractivity contribution in [2.24, 2.45) is 0 Å². The third-order valence-electron chi connectivity index (χ3n) is 2.34. The Balaban J connectivity index is 4.14. The van der Waals surface area contributed by atoms with E-state index < -0.39 is 0 Å². The number of rotatable bonds is 8. The molecule has 0 aliphatic carbocycles. The number of hydrogen-bond acceptors (Lipinski definition) is 4. The molecular weight excluding hydrogens is 194 g/mol.